The summed E-state index contributed by atoms with van der Waals surface area (Å²) in [6.07, 6.45) is 0. The Morgan fingerprint density at radius 2 is 1.93 bits per heavy atom. The summed E-state index contributed by atoms with van der Waals surface area (Å²) in [5, 5.41) is 15.4. The number of ether oxygens (including phenoxy) is 1. The third-order valence-electron chi connectivity index (χ3n) is 4.22. The van der Waals surface area contributed by atoms with Gasteiger partial charge in [0.25, 0.3) is 5.91 Å². The Hall–Kier alpha value is -3.74. The molecular weight excluding hydrogens is 358 g/mol. The van der Waals surface area contributed by atoms with Crippen molar-refractivity contribution in [3.63, 3.8) is 0 Å². The second-order valence-corrected chi connectivity index (χ2v) is 6.27. The Morgan fingerprint density at radius 3 is 2.68 bits per heavy atom. The highest BCUT2D eigenvalue weighted by Gasteiger charge is 2.11. The highest BCUT2D eigenvalue weighted by atomic mass is 16.5. The number of anilines is 2. The third-order valence-corrected chi connectivity index (χ3v) is 4.22. The average Bonchev–Trinajstić information content (AvgIpc) is 2.68. The van der Waals surface area contributed by atoms with E-state index in [1.165, 1.54) is 12.1 Å². The quantitative estimate of drug-likeness (QED) is 0.493. The number of aryl methyl sites for hydroxylation is 1. The van der Waals surface area contributed by atoms with Gasteiger partial charge >= 0.3 is 0 Å². The van der Waals surface area contributed by atoms with E-state index in [-0.39, 0.29) is 23.8 Å². The molecule has 0 aliphatic heterocycles. The normalized spacial score (nSPS) is 10.4. The Bertz CT molecular complexity index is 1060. The maximum absolute atomic E-state index is 12.5. The molecule has 0 unspecified atom stereocenters. The number of hydrogen-bond acceptors (Lipinski definition) is 5. The molecule has 0 saturated carbocycles. The van der Waals surface area contributed by atoms with Crippen molar-refractivity contribution in [3.05, 3.63) is 81.6 Å². The van der Waals surface area contributed by atoms with Gasteiger partial charge in [0.2, 0.25) is 5.56 Å². The number of H-pyrrole nitrogens is 1. The number of methoxy groups -OCH3 is 1. The molecule has 4 N–H and O–H groups in total. The van der Waals surface area contributed by atoms with Crippen LogP contribution in [0.25, 0.3) is 0 Å². The first-order valence-electron chi connectivity index (χ1n) is 8.67. The van der Waals surface area contributed by atoms with E-state index < -0.39 is 5.56 Å². The zero-order valence-corrected chi connectivity index (χ0v) is 15.6. The van der Waals surface area contributed by atoms with E-state index in [0.717, 1.165) is 11.1 Å². The Balaban J connectivity index is 1.77. The van der Waals surface area contributed by atoms with Crippen molar-refractivity contribution in [1.82, 2.24) is 10.3 Å². The van der Waals surface area contributed by atoms with Crippen molar-refractivity contribution in [1.29, 1.82) is 0 Å². The van der Waals surface area contributed by atoms with Gasteiger partial charge in [-0.1, -0.05) is 18.2 Å². The molecule has 0 saturated heterocycles. The van der Waals surface area contributed by atoms with Gasteiger partial charge in [0.15, 0.2) is 0 Å². The van der Waals surface area contributed by atoms with Gasteiger partial charge in [-0.3, -0.25) is 9.59 Å². The number of benzene rings is 2. The van der Waals surface area contributed by atoms with Gasteiger partial charge in [-0.05, 0) is 42.8 Å². The fourth-order valence-electron chi connectivity index (χ4n) is 2.80. The summed E-state index contributed by atoms with van der Waals surface area (Å²) < 4.78 is 5.27. The van der Waals surface area contributed by atoms with Gasteiger partial charge in [-0.25, -0.2) is 0 Å². The number of aromatic nitrogens is 1. The average molecular weight is 379 g/mol. The molecule has 7 heteroatoms. The highest BCUT2D eigenvalue weighted by Crippen LogP contribution is 2.23. The summed E-state index contributed by atoms with van der Waals surface area (Å²) in [5.41, 5.74) is 2.18. The minimum absolute atomic E-state index is 0.154. The summed E-state index contributed by atoms with van der Waals surface area (Å²) in [6.45, 7) is 2.10. The first-order chi connectivity index (χ1) is 13.5. The number of pyridine rings is 1. The molecule has 7 nitrogen and oxygen atoms in total. The number of aromatic hydroxyl groups is 1. The summed E-state index contributed by atoms with van der Waals surface area (Å²) in [6, 6.07) is 15.0. The standard InChI is InChI=1S/C21H21N3O4/c1-13-9-16(25)7-8-17(13)23-19-10-15(11-20(26)24-19)21(27)22-12-14-5-3-4-6-18(14)28-2/h3-11,25H,12H2,1-2H3,(H,22,27)(H2,23,24,26). The molecule has 0 spiro atoms. The van der Waals surface area contributed by atoms with Crippen LogP contribution < -0.4 is 20.9 Å². The molecule has 144 valence electrons. The number of phenolic OH excluding ortho intramolecular Hbond substituents is 1. The van der Waals surface area contributed by atoms with Crippen LogP contribution in [0.4, 0.5) is 11.5 Å². The number of carbonyl (C=O) groups excluding carboxylic acids is 1. The zero-order valence-electron chi connectivity index (χ0n) is 15.6. The van der Waals surface area contributed by atoms with Gasteiger partial charge in [-0.15, -0.1) is 0 Å². The molecule has 1 amide bonds. The van der Waals surface area contributed by atoms with Crippen molar-refractivity contribution in [2.75, 3.05) is 12.4 Å². The van der Waals surface area contributed by atoms with E-state index >= 15 is 0 Å². The molecular formula is C21H21N3O4. The van der Waals surface area contributed by atoms with Crippen LogP contribution in [0.3, 0.4) is 0 Å². The molecule has 0 radical (unpaired) electrons. The largest absolute Gasteiger partial charge is 0.508 e. The van der Waals surface area contributed by atoms with E-state index in [1.807, 2.05) is 31.2 Å². The first kappa shape index (κ1) is 19.0. The molecule has 0 bridgehead atoms. The van der Waals surface area contributed by atoms with Crippen LogP contribution in [0, 0.1) is 6.92 Å². The molecule has 0 fully saturated rings. The van der Waals surface area contributed by atoms with E-state index in [4.69, 9.17) is 4.74 Å². The van der Waals surface area contributed by atoms with Crippen LogP contribution in [-0.4, -0.2) is 23.1 Å². The van der Waals surface area contributed by atoms with E-state index in [9.17, 15) is 14.7 Å². The predicted molar refractivity (Wildman–Crippen MR) is 107 cm³/mol. The number of phenols is 1. The summed E-state index contributed by atoms with van der Waals surface area (Å²) in [4.78, 5) is 27.2. The SMILES string of the molecule is COc1ccccc1CNC(=O)c1cc(Nc2ccc(O)cc2C)[nH]c(=O)c1. The van der Waals surface area contributed by atoms with Gasteiger partial charge in [0, 0.05) is 29.4 Å². The van der Waals surface area contributed by atoms with Crippen molar-refractivity contribution in [2.45, 2.75) is 13.5 Å². The number of para-hydroxylation sites is 1. The summed E-state index contributed by atoms with van der Waals surface area (Å²) >= 11 is 0. The van der Waals surface area contributed by atoms with Crippen LogP contribution in [0.5, 0.6) is 11.5 Å². The summed E-state index contributed by atoms with van der Waals surface area (Å²) in [5.74, 6) is 0.839. The topological polar surface area (TPSA) is 103 Å². The van der Waals surface area contributed by atoms with Crippen LogP contribution in [0.1, 0.15) is 21.5 Å². The molecule has 3 rings (SSSR count). The lowest BCUT2D eigenvalue weighted by Crippen LogP contribution is -2.25. The smallest absolute Gasteiger partial charge is 0.251 e. The predicted octanol–water partition coefficient (Wildman–Crippen LogP) is 3.07. The monoisotopic (exact) mass is 379 g/mol. The number of carbonyl (C=O) groups is 1. The number of nitrogens with one attached hydrogen (secondary N) is 3. The second kappa shape index (κ2) is 8.30. The Morgan fingerprint density at radius 1 is 1.14 bits per heavy atom. The number of amides is 1. The van der Waals surface area contributed by atoms with Crippen molar-refractivity contribution in [2.24, 2.45) is 0 Å². The second-order valence-electron chi connectivity index (χ2n) is 6.27. The minimum atomic E-state index is -0.399. The Labute approximate surface area is 162 Å². The van der Waals surface area contributed by atoms with E-state index in [2.05, 4.69) is 15.6 Å². The number of hydrogen-bond donors (Lipinski definition) is 4. The van der Waals surface area contributed by atoms with Gasteiger partial charge in [0.1, 0.15) is 17.3 Å². The minimum Gasteiger partial charge on any atom is -0.508 e. The van der Waals surface area contributed by atoms with Crippen molar-refractivity contribution >= 4 is 17.4 Å². The number of rotatable bonds is 6. The number of aromatic amines is 1. The van der Waals surface area contributed by atoms with Crippen LogP contribution in [0.15, 0.2) is 59.4 Å². The van der Waals surface area contributed by atoms with Gasteiger partial charge < -0.3 is 25.5 Å². The van der Waals surface area contributed by atoms with Crippen LogP contribution in [0.2, 0.25) is 0 Å². The molecule has 3 aromatic rings. The lowest BCUT2D eigenvalue weighted by atomic mass is 10.1. The lowest BCUT2D eigenvalue weighted by Gasteiger charge is -2.12. The molecule has 2 aromatic carbocycles. The molecule has 0 atom stereocenters. The fraction of sp³-hybridized carbons (Fsp3) is 0.143. The molecule has 1 heterocycles. The third kappa shape index (κ3) is 4.50. The first-order valence-corrected chi connectivity index (χ1v) is 8.67. The zero-order chi connectivity index (χ0) is 20.1. The van der Waals surface area contributed by atoms with Gasteiger partial charge in [-0.2, -0.15) is 0 Å². The molecule has 0 aliphatic rings. The lowest BCUT2D eigenvalue weighted by molar-refractivity contribution is 0.0950. The van der Waals surface area contributed by atoms with E-state index in [0.29, 0.717) is 17.3 Å². The summed E-state index contributed by atoms with van der Waals surface area (Å²) in [7, 11) is 1.57. The molecule has 0 aliphatic carbocycles. The van der Waals surface area contributed by atoms with E-state index in [1.54, 1.807) is 25.3 Å². The van der Waals surface area contributed by atoms with Crippen molar-refractivity contribution in [3.8, 4) is 11.5 Å². The Kier molecular flexibility index (Phi) is 5.64. The maximum atomic E-state index is 12.5. The van der Waals surface area contributed by atoms with Crippen LogP contribution in [-0.2, 0) is 6.54 Å². The molecule has 1 aromatic heterocycles. The fourth-order valence-corrected chi connectivity index (χ4v) is 2.80. The van der Waals surface area contributed by atoms with Crippen molar-refractivity contribution < 1.29 is 14.6 Å². The highest BCUT2D eigenvalue weighted by molar-refractivity contribution is 5.94. The van der Waals surface area contributed by atoms with Crippen LogP contribution >= 0.6 is 0 Å². The maximum Gasteiger partial charge on any atom is 0.251 e. The molecule has 28 heavy (non-hydrogen) atoms. The van der Waals surface area contributed by atoms with Gasteiger partial charge in [0.05, 0.1) is 7.11 Å².